The van der Waals surface area contributed by atoms with Gasteiger partial charge in [0.2, 0.25) is 0 Å². The van der Waals surface area contributed by atoms with E-state index in [1.165, 1.54) is 4.88 Å². The Bertz CT molecular complexity index is 283. The lowest BCUT2D eigenvalue weighted by atomic mass is 10.1. The average molecular weight is 224 g/mol. The lowest BCUT2D eigenvalue weighted by molar-refractivity contribution is 0.431. The minimum atomic E-state index is 0.228. The highest BCUT2D eigenvalue weighted by Crippen LogP contribution is 2.06. The Morgan fingerprint density at radius 1 is 1.40 bits per heavy atom. The summed E-state index contributed by atoms with van der Waals surface area (Å²) in [6.45, 7) is 7.61. The Kier molecular flexibility index (Phi) is 4.99. The molecule has 1 N–H and O–H groups in total. The summed E-state index contributed by atoms with van der Waals surface area (Å²) < 4.78 is 0. The molecule has 1 heterocycles. The monoisotopic (exact) mass is 224 g/mol. The lowest BCUT2D eigenvalue weighted by Crippen LogP contribution is -2.36. The molecule has 1 rings (SSSR count). The van der Waals surface area contributed by atoms with E-state index in [1.54, 1.807) is 11.3 Å². The SMILES string of the molecule is CC(C)(C)NCC/C=C/Cc1cncs1. The molecule has 0 aliphatic heterocycles. The number of nitrogens with zero attached hydrogens (tertiary/aromatic N) is 1. The van der Waals surface area contributed by atoms with Crippen LogP contribution in [0.5, 0.6) is 0 Å². The van der Waals surface area contributed by atoms with Crippen molar-refractivity contribution >= 4 is 11.3 Å². The predicted octanol–water partition coefficient (Wildman–Crippen LogP) is 3.02. The summed E-state index contributed by atoms with van der Waals surface area (Å²) in [7, 11) is 0. The molecular weight excluding hydrogens is 204 g/mol. The first-order valence-electron chi connectivity index (χ1n) is 5.35. The molecule has 0 saturated heterocycles. The third kappa shape index (κ3) is 6.42. The second kappa shape index (κ2) is 6.03. The van der Waals surface area contributed by atoms with E-state index in [9.17, 15) is 0 Å². The summed E-state index contributed by atoms with van der Waals surface area (Å²) in [5.74, 6) is 0. The minimum absolute atomic E-state index is 0.228. The minimum Gasteiger partial charge on any atom is -0.312 e. The van der Waals surface area contributed by atoms with Crippen LogP contribution in [0, 0.1) is 0 Å². The second-order valence-corrected chi connectivity index (χ2v) is 5.58. The van der Waals surface area contributed by atoms with Crippen LogP contribution in [-0.2, 0) is 6.42 Å². The van der Waals surface area contributed by atoms with Gasteiger partial charge >= 0.3 is 0 Å². The third-order valence-corrected chi connectivity index (χ3v) is 2.74. The fourth-order valence-corrected chi connectivity index (χ4v) is 1.76. The van der Waals surface area contributed by atoms with Gasteiger partial charge in [0.15, 0.2) is 0 Å². The molecular formula is C12H20N2S. The maximum atomic E-state index is 4.04. The van der Waals surface area contributed by atoms with Crippen LogP contribution < -0.4 is 5.32 Å². The zero-order chi connectivity index (χ0) is 11.1. The molecule has 0 radical (unpaired) electrons. The lowest BCUT2D eigenvalue weighted by Gasteiger charge is -2.19. The molecule has 2 nitrogen and oxygen atoms in total. The van der Waals surface area contributed by atoms with Crippen LogP contribution in [-0.4, -0.2) is 17.1 Å². The molecule has 0 unspecified atom stereocenters. The average Bonchev–Trinajstić information content (AvgIpc) is 2.61. The largest absolute Gasteiger partial charge is 0.312 e. The van der Waals surface area contributed by atoms with E-state index in [0.717, 1.165) is 19.4 Å². The zero-order valence-corrected chi connectivity index (χ0v) is 10.6. The summed E-state index contributed by atoms with van der Waals surface area (Å²) in [6, 6.07) is 0. The van der Waals surface area contributed by atoms with E-state index in [2.05, 4.69) is 43.2 Å². The van der Waals surface area contributed by atoms with Gasteiger partial charge in [-0.25, -0.2) is 0 Å². The van der Waals surface area contributed by atoms with E-state index in [-0.39, 0.29) is 5.54 Å². The Morgan fingerprint density at radius 3 is 2.80 bits per heavy atom. The summed E-state index contributed by atoms with van der Waals surface area (Å²) in [4.78, 5) is 5.37. The smallest absolute Gasteiger partial charge is 0.0794 e. The van der Waals surface area contributed by atoms with Gasteiger partial charge < -0.3 is 5.32 Å². The molecule has 1 aromatic rings. The summed E-state index contributed by atoms with van der Waals surface area (Å²) in [5, 5.41) is 3.45. The third-order valence-electron chi connectivity index (χ3n) is 1.94. The Morgan fingerprint density at radius 2 is 2.20 bits per heavy atom. The van der Waals surface area contributed by atoms with Crippen molar-refractivity contribution in [3.05, 3.63) is 28.7 Å². The van der Waals surface area contributed by atoms with Crippen LogP contribution in [0.3, 0.4) is 0 Å². The van der Waals surface area contributed by atoms with E-state index < -0.39 is 0 Å². The molecule has 3 heteroatoms. The summed E-state index contributed by atoms with van der Waals surface area (Å²) >= 11 is 1.71. The Labute approximate surface area is 96.4 Å². The molecule has 0 spiro atoms. The van der Waals surface area contributed by atoms with Crippen LogP contribution in [0.2, 0.25) is 0 Å². The molecule has 15 heavy (non-hydrogen) atoms. The first kappa shape index (κ1) is 12.4. The second-order valence-electron chi connectivity index (χ2n) is 4.61. The maximum absolute atomic E-state index is 4.04. The molecule has 1 aromatic heterocycles. The van der Waals surface area contributed by atoms with Crippen LogP contribution in [0.25, 0.3) is 0 Å². The zero-order valence-electron chi connectivity index (χ0n) is 9.79. The maximum Gasteiger partial charge on any atom is 0.0794 e. The van der Waals surface area contributed by atoms with Crippen LogP contribution in [0.15, 0.2) is 23.9 Å². The molecule has 0 aromatic carbocycles. The van der Waals surface area contributed by atoms with Crippen LogP contribution in [0.1, 0.15) is 32.1 Å². The van der Waals surface area contributed by atoms with Crippen molar-refractivity contribution in [2.45, 2.75) is 39.2 Å². The molecule has 0 atom stereocenters. The molecule has 0 fully saturated rings. The van der Waals surface area contributed by atoms with E-state index in [1.807, 2.05) is 11.7 Å². The summed E-state index contributed by atoms with van der Waals surface area (Å²) in [6.07, 6.45) is 8.50. The first-order valence-corrected chi connectivity index (χ1v) is 6.23. The topological polar surface area (TPSA) is 24.9 Å². The quantitative estimate of drug-likeness (QED) is 0.614. The van der Waals surface area contributed by atoms with Gasteiger partial charge in [0.1, 0.15) is 0 Å². The molecule has 0 aliphatic rings. The standard InChI is InChI=1S/C12H20N2S/c1-12(2,3)14-8-6-4-5-7-11-9-13-10-15-11/h4-5,9-10,14H,6-8H2,1-3H3/b5-4+. The fourth-order valence-electron chi connectivity index (χ4n) is 1.19. The van der Waals surface area contributed by atoms with Gasteiger partial charge in [-0.1, -0.05) is 12.2 Å². The van der Waals surface area contributed by atoms with Crippen molar-refractivity contribution in [1.82, 2.24) is 10.3 Å². The molecule has 0 saturated carbocycles. The summed E-state index contributed by atoms with van der Waals surface area (Å²) in [5.41, 5.74) is 2.11. The van der Waals surface area contributed by atoms with Crippen molar-refractivity contribution < 1.29 is 0 Å². The fraction of sp³-hybridized carbons (Fsp3) is 0.583. The van der Waals surface area contributed by atoms with Crippen molar-refractivity contribution in [3.63, 3.8) is 0 Å². The molecule has 84 valence electrons. The van der Waals surface area contributed by atoms with Gasteiger partial charge in [0.25, 0.3) is 0 Å². The highest BCUT2D eigenvalue weighted by Gasteiger charge is 2.05. The van der Waals surface area contributed by atoms with Gasteiger partial charge in [-0.05, 0) is 33.7 Å². The Balaban J connectivity index is 2.08. The predicted molar refractivity (Wildman–Crippen MR) is 67.3 cm³/mol. The highest BCUT2D eigenvalue weighted by molar-refractivity contribution is 7.09. The highest BCUT2D eigenvalue weighted by atomic mass is 32.1. The number of hydrogen-bond donors (Lipinski definition) is 1. The molecule has 0 amide bonds. The van der Waals surface area contributed by atoms with Crippen molar-refractivity contribution in [1.29, 1.82) is 0 Å². The van der Waals surface area contributed by atoms with Gasteiger partial charge in [0.05, 0.1) is 5.51 Å². The van der Waals surface area contributed by atoms with Gasteiger partial charge in [0, 0.05) is 23.0 Å². The Hall–Kier alpha value is -0.670. The van der Waals surface area contributed by atoms with Crippen molar-refractivity contribution in [2.24, 2.45) is 0 Å². The number of nitrogens with one attached hydrogen (secondary N) is 1. The normalized spacial score (nSPS) is 12.5. The van der Waals surface area contributed by atoms with Gasteiger partial charge in [-0.3, -0.25) is 4.98 Å². The van der Waals surface area contributed by atoms with Crippen molar-refractivity contribution in [3.8, 4) is 0 Å². The first-order chi connectivity index (χ1) is 7.08. The molecule has 0 aliphatic carbocycles. The number of rotatable bonds is 5. The number of thiazole rings is 1. The van der Waals surface area contributed by atoms with Crippen LogP contribution in [0.4, 0.5) is 0 Å². The number of allylic oxidation sites excluding steroid dienone is 1. The number of hydrogen-bond acceptors (Lipinski definition) is 3. The number of aromatic nitrogens is 1. The van der Waals surface area contributed by atoms with Crippen molar-refractivity contribution in [2.75, 3.05) is 6.54 Å². The van der Waals surface area contributed by atoms with Gasteiger partial charge in [-0.15, -0.1) is 11.3 Å². The molecule has 0 bridgehead atoms. The van der Waals surface area contributed by atoms with Gasteiger partial charge in [-0.2, -0.15) is 0 Å². The van der Waals surface area contributed by atoms with E-state index >= 15 is 0 Å². The van der Waals surface area contributed by atoms with E-state index in [4.69, 9.17) is 0 Å². The van der Waals surface area contributed by atoms with E-state index in [0.29, 0.717) is 0 Å². The van der Waals surface area contributed by atoms with Crippen LogP contribution >= 0.6 is 11.3 Å².